The van der Waals surface area contributed by atoms with E-state index in [9.17, 15) is 4.79 Å². The van der Waals surface area contributed by atoms with Crippen LogP contribution in [0.25, 0.3) is 0 Å². The van der Waals surface area contributed by atoms with Crippen LogP contribution in [0, 0.1) is 6.92 Å². The predicted molar refractivity (Wildman–Crippen MR) is 74.9 cm³/mol. The number of hydrogen-bond donors (Lipinski definition) is 1. The van der Waals surface area contributed by atoms with E-state index < -0.39 is 12.0 Å². The Morgan fingerprint density at radius 3 is 2.58 bits per heavy atom. The summed E-state index contributed by atoms with van der Waals surface area (Å²) >= 11 is 0. The lowest BCUT2D eigenvalue weighted by Gasteiger charge is -2.11. The molecule has 0 fully saturated rings. The van der Waals surface area contributed by atoms with Crippen LogP contribution in [0.1, 0.15) is 11.1 Å². The van der Waals surface area contributed by atoms with Crippen LogP contribution in [0.2, 0.25) is 0 Å². The summed E-state index contributed by atoms with van der Waals surface area (Å²) in [5.41, 5.74) is 7.93. The first kappa shape index (κ1) is 13.3. The number of rotatable bonds is 4. The van der Waals surface area contributed by atoms with E-state index in [2.05, 4.69) is 0 Å². The van der Waals surface area contributed by atoms with Gasteiger partial charge < -0.3 is 10.5 Å². The van der Waals surface area contributed by atoms with Gasteiger partial charge in [0, 0.05) is 0 Å². The van der Waals surface area contributed by atoms with Gasteiger partial charge in [0.1, 0.15) is 11.8 Å². The zero-order valence-corrected chi connectivity index (χ0v) is 10.9. The van der Waals surface area contributed by atoms with Crippen LogP contribution < -0.4 is 10.5 Å². The number of benzene rings is 2. The van der Waals surface area contributed by atoms with Gasteiger partial charge in [-0.3, -0.25) is 0 Å². The van der Waals surface area contributed by atoms with Gasteiger partial charge in [-0.2, -0.15) is 0 Å². The second-order valence-electron chi connectivity index (χ2n) is 4.53. The van der Waals surface area contributed by atoms with Gasteiger partial charge in [-0.05, 0) is 36.6 Å². The molecule has 98 valence electrons. The molecule has 0 spiro atoms. The molecule has 2 aromatic rings. The molecular formula is C16H17NO2. The van der Waals surface area contributed by atoms with Crippen molar-refractivity contribution in [3.05, 3.63) is 65.7 Å². The molecule has 0 aromatic heterocycles. The van der Waals surface area contributed by atoms with Gasteiger partial charge in [0.05, 0.1) is 0 Å². The van der Waals surface area contributed by atoms with E-state index in [-0.39, 0.29) is 0 Å². The Balaban J connectivity index is 1.96. The highest BCUT2D eigenvalue weighted by molar-refractivity contribution is 5.78. The molecule has 0 bridgehead atoms. The summed E-state index contributed by atoms with van der Waals surface area (Å²) < 4.78 is 5.27. The maximum absolute atomic E-state index is 11.9. The molecule has 0 heterocycles. The largest absolute Gasteiger partial charge is 0.425 e. The average molecular weight is 255 g/mol. The van der Waals surface area contributed by atoms with Crippen molar-refractivity contribution in [1.82, 2.24) is 0 Å². The van der Waals surface area contributed by atoms with Crippen molar-refractivity contribution in [3.63, 3.8) is 0 Å². The van der Waals surface area contributed by atoms with Gasteiger partial charge in [-0.25, -0.2) is 4.79 Å². The lowest BCUT2D eigenvalue weighted by Crippen LogP contribution is -2.36. The number of esters is 1. The highest BCUT2D eigenvalue weighted by Crippen LogP contribution is 2.13. The summed E-state index contributed by atoms with van der Waals surface area (Å²) in [6.45, 7) is 1.95. The summed E-state index contributed by atoms with van der Waals surface area (Å²) in [6.07, 6.45) is 0.478. The van der Waals surface area contributed by atoms with Crippen molar-refractivity contribution in [3.8, 4) is 5.75 Å². The highest BCUT2D eigenvalue weighted by atomic mass is 16.5. The number of aryl methyl sites for hydroxylation is 1. The molecule has 0 aliphatic rings. The van der Waals surface area contributed by atoms with Crippen molar-refractivity contribution in [2.45, 2.75) is 19.4 Å². The van der Waals surface area contributed by atoms with Gasteiger partial charge >= 0.3 is 5.97 Å². The van der Waals surface area contributed by atoms with Crippen LogP contribution in [-0.2, 0) is 11.2 Å². The van der Waals surface area contributed by atoms with Gasteiger partial charge in [-0.1, -0.05) is 42.5 Å². The van der Waals surface area contributed by atoms with E-state index in [4.69, 9.17) is 10.5 Å². The number of carbonyl (C=O) groups is 1. The van der Waals surface area contributed by atoms with Gasteiger partial charge in [0.25, 0.3) is 0 Å². The third kappa shape index (κ3) is 3.93. The predicted octanol–water partition coefficient (Wildman–Crippen LogP) is 2.47. The third-order valence-corrected chi connectivity index (χ3v) is 2.81. The smallest absolute Gasteiger partial charge is 0.328 e. The second-order valence-corrected chi connectivity index (χ2v) is 4.53. The maximum atomic E-state index is 11.9. The lowest BCUT2D eigenvalue weighted by atomic mass is 10.1. The topological polar surface area (TPSA) is 52.3 Å². The van der Waals surface area contributed by atoms with E-state index >= 15 is 0 Å². The molecule has 3 nitrogen and oxygen atoms in total. The molecule has 1 atom stereocenters. The molecule has 0 amide bonds. The maximum Gasteiger partial charge on any atom is 0.328 e. The number of hydrogen-bond acceptors (Lipinski definition) is 3. The minimum atomic E-state index is -0.650. The van der Waals surface area contributed by atoms with Crippen molar-refractivity contribution >= 4 is 5.97 Å². The van der Waals surface area contributed by atoms with Crippen LogP contribution >= 0.6 is 0 Å². The first-order valence-corrected chi connectivity index (χ1v) is 6.23. The summed E-state index contributed by atoms with van der Waals surface area (Å²) in [4.78, 5) is 11.9. The average Bonchev–Trinajstić information content (AvgIpc) is 2.40. The Morgan fingerprint density at radius 2 is 1.89 bits per heavy atom. The Labute approximate surface area is 113 Å². The zero-order valence-electron chi connectivity index (χ0n) is 10.9. The molecule has 0 saturated carbocycles. The molecule has 2 N–H and O–H groups in total. The van der Waals surface area contributed by atoms with E-state index in [1.54, 1.807) is 6.07 Å². The van der Waals surface area contributed by atoms with Crippen LogP contribution in [0.3, 0.4) is 0 Å². The van der Waals surface area contributed by atoms with Gasteiger partial charge in [0.15, 0.2) is 0 Å². The number of nitrogens with two attached hydrogens (primary N) is 1. The standard InChI is InChI=1S/C16H17NO2/c1-12-6-5-9-14(10-12)19-16(18)15(17)11-13-7-3-2-4-8-13/h2-10,15H,11,17H2,1H3. The van der Waals surface area contributed by atoms with Gasteiger partial charge in [-0.15, -0.1) is 0 Å². The monoisotopic (exact) mass is 255 g/mol. The fourth-order valence-corrected chi connectivity index (χ4v) is 1.82. The van der Waals surface area contributed by atoms with Crippen molar-refractivity contribution in [1.29, 1.82) is 0 Å². The molecule has 0 aliphatic carbocycles. The molecule has 2 aromatic carbocycles. The minimum absolute atomic E-state index is 0.408. The first-order chi connectivity index (χ1) is 9.15. The lowest BCUT2D eigenvalue weighted by molar-refractivity contribution is -0.135. The molecule has 3 heteroatoms. The Hall–Kier alpha value is -2.13. The molecule has 0 saturated heterocycles. The van der Waals surface area contributed by atoms with E-state index in [0.29, 0.717) is 12.2 Å². The van der Waals surface area contributed by atoms with Crippen LogP contribution in [-0.4, -0.2) is 12.0 Å². The summed E-state index contributed by atoms with van der Waals surface area (Å²) in [5.74, 6) is 0.128. The first-order valence-electron chi connectivity index (χ1n) is 6.23. The number of ether oxygens (including phenoxy) is 1. The third-order valence-electron chi connectivity index (χ3n) is 2.81. The van der Waals surface area contributed by atoms with E-state index in [1.807, 2.05) is 55.5 Å². The fourth-order valence-electron chi connectivity index (χ4n) is 1.82. The van der Waals surface area contributed by atoms with Crippen molar-refractivity contribution in [2.24, 2.45) is 5.73 Å². The molecular weight excluding hydrogens is 238 g/mol. The molecule has 1 unspecified atom stereocenters. The van der Waals surface area contributed by atoms with Crippen LogP contribution in [0.15, 0.2) is 54.6 Å². The molecule has 2 rings (SSSR count). The van der Waals surface area contributed by atoms with Crippen molar-refractivity contribution in [2.75, 3.05) is 0 Å². The Kier molecular flexibility index (Phi) is 4.31. The quantitative estimate of drug-likeness (QED) is 0.674. The molecule has 19 heavy (non-hydrogen) atoms. The van der Waals surface area contributed by atoms with Crippen molar-refractivity contribution < 1.29 is 9.53 Å². The summed E-state index contributed by atoms with van der Waals surface area (Å²) in [5, 5.41) is 0. The van der Waals surface area contributed by atoms with Crippen LogP contribution in [0.5, 0.6) is 5.75 Å². The fraction of sp³-hybridized carbons (Fsp3) is 0.188. The Bertz CT molecular complexity index is 552. The minimum Gasteiger partial charge on any atom is -0.425 e. The van der Waals surface area contributed by atoms with Gasteiger partial charge in [0.2, 0.25) is 0 Å². The van der Waals surface area contributed by atoms with E-state index in [1.165, 1.54) is 0 Å². The Morgan fingerprint density at radius 1 is 1.16 bits per heavy atom. The normalized spacial score (nSPS) is 11.9. The van der Waals surface area contributed by atoms with E-state index in [0.717, 1.165) is 11.1 Å². The zero-order chi connectivity index (χ0) is 13.7. The summed E-state index contributed by atoms with van der Waals surface area (Å²) in [7, 11) is 0. The second kappa shape index (κ2) is 6.16. The molecule has 0 radical (unpaired) electrons. The SMILES string of the molecule is Cc1cccc(OC(=O)C(N)Cc2ccccc2)c1. The summed E-state index contributed by atoms with van der Waals surface area (Å²) in [6, 6.07) is 16.4. The highest BCUT2D eigenvalue weighted by Gasteiger charge is 2.16. The number of carbonyl (C=O) groups excluding carboxylic acids is 1. The molecule has 0 aliphatic heterocycles. The van der Waals surface area contributed by atoms with Crippen LogP contribution in [0.4, 0.5) is 0 Å².